The van der Waals surface area contributed by atoms with Crippen molar-refractivity contribution in [3.63, 3.8) is 0 Å². The Hall–Kier alpha value is -2.50. The zero-order valence-electron chi connectivity index (χ0n) is 13.3. The van der Waals surface area contributed by atoms with Gasteiger partial charge < -0.3 is 4.74 Å². The molecule has 0 radical (unpaired) electrons. The number of ketones is 1. The standard InChI is InChI=1S/C14H12ClN3O7S/c1-8(19)4-5-18-6-9(24-14(18)20)7-23-26(21,22)11-3-2-10(15)12-13(11)17-25-16-12/h2-5,9H,6-7H2,1H3/b5-4+/t9-/m0/s1. The summed E-state index contributed by atoms with van der Waals surface area (Å²) in [5, 5.41) is 7.24. The fourth-order valence-corrected chi connectivity index (χ4v) is 3.44. The van der Waals surface area contributed by atoms with E-state index in [1.807, 2.05) is 0 Å². The number of aromatic nitrogens is 2. The van der Waals surface area contributed by atoms with Gasteiger partial charge in [-0.2, -0.15) is 8.42 Å². The topological polar surface area (TPSA) is 129 Å². The second-order valence-electron chi connectivity index (χ2n) is 5.33. The molecule has 1 aliphatic rings. The van der Waals surface area contributed by atoms with Gasteiger partial charge in [0.2, 0.25) is 0 Å². The summed E-state index contributed by atoms with van der Waals surface area (Å²) in [7, 11) is -4.22. The van der Waals surface area contributed by atoms with Crippen molar-refractivity contribution in [2.45, 2.75) is 17.9 Å². The fourth-order valence-electron chi connectivity index (χ4n) is 2.19. The van der Waals surface area contributed by atoms with E-state index in [1.54, 1.807) is 0 Å². The highest BCUT2D eigenvalue weighted by Crippen LogP contribution is 2.28. The summed E-state index contributed by atoms with van der Waals surface area (Å²) >= 11 is 5.89. The first-order chi connectivity index (χ1) is 12.3. The van der Waals surface area contributed by atoms with Gasteiger partial charge >= 0.3 is 6.09 Å². The molecule has 12 heteroatoms. The molecule has 26 heavy (non-hydrogen) atoms. The van der Waals surface area contributed by atoms with Gasteiger partial charge in [-0.15, -0.1) is 0 Å². The lowest BCUT2D eigenvalue weighted by molar-refractivity contribution is -0.112. The van der Waals surface area contributed by atoms with Crippen LogP contribution in [-0.4, -0.2) is 54.8 Å². The van der Waals surface area contributed by atoms with Gasteiger partial charge in [-0.25, -0.2) is 9.42 Å². The third-order valence-electron chi connectivity index (χ3n) is 3.40. The lowest BCUT2D eigenvalue weighted by Gasteiger charge is -2.09. The summed E-state index contributed by atoms with van der Waals surface area (Å²) in [6, 6.07) is 2.54. The number of fused-ring (bicyclic) bond motifs is 1. The first-order valence-electron chi connectivity index (χ1n) is 7.24. The number of benzene rings is 1. The van der Waals surface area contributed by atoms with Crippen molar-refractivity contribution in [1.29, 1.82) is 0 Å². The lowest BCUT2D eigenvalue weighted by atomic mass is 10.3. The summed E-state index contributed by atoms with van der Waals surface area (Å²) in [5.41, 5.74) is 0.0242. The van der Waals surface area contributed by atoms with Crippen LogP contribution in [0, 0.1) is 0 Å². The number of allylic oxidation sites excluding steroid dienone is 1. The van der Waals surface area contributed by atoms with Gasteiger partial charge in [-0.3, -0.25) is 13.9 Å². The molecule has 1 aromatic carbocycles. The van der Waals surface area contributed by atoms with Gasteiger partial charge in [-0.05, 0) is 35.4 Å². The Labute approximate surface area is 152 Å². The number of cyclic esters (lactones) is 1. The molecule has 0 saturated carbocycles. The smallest absolute Gasteiger partial charge is 0.414 e. The second kappa shape index (κ2) is 7.02. The minimum atomic E-state index is -4.22. The Morgan fingerprint density at radius 2 is 2.15 bits per heavy atom. The Balaban J connectivity index is 1.71. The van der Waals surface area contributed by atoms with Gasteiger partial charge in [-0.1, -0.05) is 11.6 Å². The minimum absolute atomic E-state index is 0.0413. The molecule has 10 nitrogen and oxygen atoms in total. The van der Waals surface area contributed by atoms with E-state index in [0.29, 0.717) is 0 Å². The molecule has 3 rings (SSSR count). The number of carbonyl (C=O) groups is 2. The van der Waals surface area contributed by atoms with Gasteiger partial charge in [0.15, 0.2) is 16.8 Å². The maximum absolute atomic E-state index is 12.4. The number of nitrogens with zero attached hydrogens (tertiary/aromatic N) is 3. The Bertz CT molecular complexity index is 1000. The summed E-state index contributed by atoms with van der Waals surface area (Å²) in [6.45, 7) is 0.963. The Kier molecular flexibility index (Phi) is 4.94. The van der Waals surface area contributed by atoms with Crippen LogP contribution in [0.15, 0.2) is 33.9 Å². The Morgan fingerprint density at radius 1 is 1.42 bits per heavy atom. The van der Waals surface area contributed by atoms with Crippen LogP contribution in [0.4, 0.5) is 4.79 Å². The summed E-state index contributed by atoms with van der Waals surface area (Å²) in [4.78, 5) is 23.4. The molecular weight excluding hydrogens is 390 g/mol. The molecule has 2 aromatic rings. The average Bonchev–Trinajstić information content (AvgIpc) is 3.18. The number of hydrogen-bond donors (Lipinski definition) is 0. The highest BCUT2D eigenvalue weighted by Gasteiger charge is 2.32. The number of hydrogen-bond acceptors (Lipinski definition) is 9. The molecular formula is C14H12ClN3O7S. The molecule has 0 aliphatic carbocycles. The van der Waals surface area contributed by atoms with Gasteiger partial charge in [0.05, 0.1) is 11.6 Å². The number of amides is 1. The van der Waals surface area contributed by atoms with Crippen LogP contribution in [0.5, 0.6) is 0 Å². The first kappa shape index (κ1) is 18.3. The van der Waals surface area contributed by atoms with Crippen molar-refractivity contribution >= 4 is 44.6 Å². The van der Waals surface area contributed by atoms with E-state index < -0.39 is 28.9 Å². The van der Waals surface area contributed by atoms with E-state index in [1.165, 1.54) is 31.3 Å². The molecule has 0 bridgehead atoms. The third-order valence-corrected chi connectivity index (χ3v) is 5.02. The van der Waals surface area contributed by atoms with Crippen LogP contribution < -0.4 is 0 Å². The number of rotatable bonds is 6. The second-order valence-corrected chi connectivity index (χ2v) is 7.32. The van der Waals surface area contributed by atoms with Crippen LogP contribution >= 0.6 is 11.6 Å². The molecule has 138 valence electrons. The number of carbonyl (C=O) groups excluding carboxylic acids is 2. The van der Waals surface area contributed by atoms with Crippen molar-refractivity contribution in [3.8, 4) is 0 Å². The largest absolute Gasteiger partial charge is 0.441 e. The third kappa shape index (κ3) is 3.69. The van der Waals surface area contributed by atoms with Crippen LogP contribution in [-0.2, 0) is 23.8 Å². The zero-order chi connectivity index (χ0) is 18.9. The average molecular weight is 402 g/mol. The van der Waals surface area contributed by atoms with Crippen molar-refractivity contribution in [2.24, 2.45) is 0 Å². The van der Waals surface area contributed by atoms with Crippen molar-refractivity contribution in [3.05, 3.63) is 29.4 Å². The quantitative estimate of drug-likeness (QED) is 0.522. The SMILES string of the molecule is CC(=O)/C=C/N1C[C@@H](COS(=O)(=O)c2ccc(Cl)c3nonc23)OC1=O. The highest BCUT2D eigenvalue weighted by molar-refractivity contribution is 7.87. The predicted molar refractivity (Wildman–Crippen MR) is 86.7 cm³/mol. The summed E-state index contributed by atoms with van der Waals surface area (Å²) in [5.74, 6) is -0.243. The minimum Gasteiger partial charge on any atom is -0.441 e. The summed E-state index contributed by atoms with van der Waals surface area (Å²) in [6.07, 6.45) is 0.932. The lowest BCUT2D eigenvalue weighted by Crippen LogP contribution is -2.23. The number of ether oxygens (including phenoxy) is 1. The molecule has 1 aromatic heterocycles. The van der Waals surface area contributed by atoms with Crippen LogP contribution in [0.1, 0.15) is 6.92 Å². The van der Waals surface area contributed by atoms with Gasteiger partial charge in [0, 0.05) is 6.20 Å². The molecule has 1 atom stereocenters. The molecule has 0 spiro atoms. The molecule has 2 heterocycles. The number of halogens is 1. The highest BCUT2D eigenvalue weighted by atomic mass is 35.5. The van der Waals surface area contributed by atoms with Crippen molar-refractivity contribution in [2.75, 3.05) is 13.2 Å². The monoisotopic (exact) mass is 401 g/mol. The van der Waals surface area contributed by atoms with E-state index in [2.05, 4.69) is 14.9 Å². The van der Waals surface area contributed by atoms with Crippen LogP contribution in [0.2, 0.25) is 5.02 Å². The molecule has 1 aliphatic heterocycles. The Morgan fingerprint density at radius 3 is 2.88 bits per heavy atom. The maximum Gasteiger partial charge on any atom is 0.414 e. The molecule has 0 N–H and O–H groups in total. The van der Waals surface area contributed by atoms with E-state index >= 15 is 0 Å². The van der Waals surface area contributed by atoms with Gasteiger partial charge in [0.25, 0.3) is 10.1 Å². The van der Waals surface area contributed by atoms with Crippen molar-refractivity contribution in [1.82, 2.24) is 15.2 Å². The summed E-state index contributed by atoms with van der Waals surface area (Å²) < 4.78 is 39.3. The van der Waals surface area contributed by atoms with Crippen molar-refractivity contribution < 1.29 is 31.6 Å². The van der Waals surface area contributed by atoms with Gasteiger partial charge in [0.1, 0.15) is 17.6 Å². The molecule has 1 saturated heterocycles. The van der Waals surface area contributed by atoms with E-state index in [9.17, 15) is 18.0 Å². The molecule has 0 unspecified atom stereocenters. The first-order valence-corrected chi connectivity index (χ1v) is 9.03. The fraction of sp³-hybridized carbons (Fsp3) is 0.286. The predicted octanol–water partition coefficient (Wildman–Crippen LogP) is 1.50. The van der Waals surface area contributed by atoms with E-state index in [4.69, 9.17) is 20.5 Å². The molecule has 1 amide bonds. The maximum atomic E-state index is 12.4. The van der Waals surface area contributed by atoms with E-state index in [-0.39, 0.29) is 33.3 Å². The zero-order valence-corrected chi connectivity index (χ0v) is 14.9. The van der Waals surface area contributed by atoms with E-state index in [0.717, 1.165) is 4.90 Å². The van der Waals surface area contributed by atoms with Crippen LogP contribution in [0.25, 0.3) is 11.0 Å². The molecule has 1 fully saturated rings. The normalized spacial score (nSPS) is 18.0. The van der Waals surface area contributed by atoms with Crippen LogP contribution in [0.3, 0.4) is 0 Å².